The highest BCUT2D eigenvalue weighted by molar-refractivity contribution is 7.89. The number of nitrogens with two attached hydrogens (primary N) is 1. The number of sulfonamides is 1. The van der Waals surface area contributed by atoms with Gasteiger partial charge in [-0.05, 0) is 20.5 Å². The second kappa shape index (κ2) is 6.90. The molecule has 0 aromatic heterocycles. The van der Waals surface area contributed by atoms with Gasteiger partial charge < -0.3 is 15.7 Å². The van der Waals surface area contributed by atoms with Crippen LogP contribution in [0.5, 0.6) is 0 Å². The average molecular weight is 267 g/mol. The number of carbonyl (C=O) groups is 1. The maximum absolute atomic E-state index is 11.7. The van der Waals surface area contributed by atoms with Gasteiger partial charge in [0, 0.05) is 20.1 Å². The van der Waals surface area contributed by atoms with Crippen molar-refractivity contribution in [1.82, 2.24) is 9.21 Å². The maximum Gasteiger partial charge on any atom is 0.320 e. The topological polar surface area (TPSA) is 104 Å². The summed E-state index contributed by atoms with van der Waals surface area (Å²) >= 11 is 0. The van der Waals surface area contributed by atoms with E-state index < -0.39 is 22.0 Å². The predicted octanol–water partition coefficient (Wildman–Crippen LogP) is -1.39. The minimum Gasteiger partial charge on any atom is -0.480 e. The van der Waals surface area contributed by atoms with E-state index in [9.17, 15) is 13.2 Å². The number of aliphatic carboxylic acids is 1. The fraction of sp³-hybridized carbons (Fsp3) is 0.889. The Hall–Kier alpha value is -0.700. The number of hydrogen-bond acceptors (Lipinski definition) is 5. The molecule has 3 N–H and O–H groups in total. The van der Waals surface area contributed by atoms with E-state index in [0.717, 1.165) is 0 Å². The Bertz CT molecular complexity index is 342. The van der Waals surface area contributed by atoms with Gasteiger partial charge in [-0.1, -0.05) is 0 Å². The largest absolute Gasteiger partial charge is 0.480 e. The van der Waals surface area contributed by atoms with Gasteiger partial charge in [0.25, 0.3) is 0 Å². The lowest BCUT2D eigenvalue weighted by molar-refractivity contribution is -0.138. The van der Waals surface area contributed by atoms with Gasteiger partial charge in [0.2, 0.25) is 10.0 Å². The van der Waals surface area contributed by atoms with E-state index in [0.29, 0.717) is 13.1 Å². The molecule has 1 atom stereocenters. The van der Waals surface area contributed by atoms with Gasteiger partial charge in [0.1, 0.15) is 6.04 Å². The summed E-state index contributed by atoms with van der Waals surface area (Å²) in [6, 6.07) is -1.13. The van der Waals surface area contributed by atoms with E-state index in [1.165, 1.54) is 11.4 Å². The molecule has 0 aliphatic heterocycles. The summed E-state index contributed by atoms with van der Waals surface area (Å²) in [7, 11) is 1.75. The van der Waals surface area contributed by atoms with Crippen LogP contribution in [-0.2, 0) is 14.8 Å². The highest BCUT2D eigenvalue weighted by Crippen LogP contribution is 2.02. The fourth-order valence-electron chi connectivity index (χ4n) is 1.04. The van der Waals surface area contributed by atoms with E-state index >= 15 is 0 Å². The van der Waals surface area contributed by atoms with Crippen LogP contribution in [0.25, 0.3) is 0 Å². The molecule has 0 aromatic carbocycles. The van der Waals surface area contributed by atoms with Crippen molar-refractivity contribution in [2.24, 2.45) is 5.73 Å². The van der Waals surface area contributed by atoms with E-state index in [-0.39, 0.29) is 12.2 Å². The molecule has 7 nitrogen and oxygen atoms in total. The minimum absolute atomic E-state index is 0.0794. The highest BCUT2D eigenvalue weighted by Gasteiger charge is 2.21. The molecule has 0 aliphatic carbocycles. The second-order valence-corrected chi connectivity index (χ2v) is 6.37. The second-order valence-electron chi connectivity index (χ2n) is 4.17. The zero-order valence-electron chi connectivity index (χ0n) is 10.5. The molecule has 1 unspecified atom stereocenters. The first-order chi connectivity index (χ1) is 7.66. The average Bonchev–Trinajstić information content (AvgIpc) is 2.22. The Morgan fingerprint density at radius 3 is 2.24 bits per heavy atom. The van der Waals surface area contributed by atoms with Gasteiger partial charge >= 0.3 is 5.97 Å². The number of nitrogens with zero attached hydrogens (tertiary/aromatic N) is 2. The number of carboxylic acid groups (broad SMARTS) is 1. The number of likely N-dealkylation sites (N-methyl/N-ethyl adjacent to an activating group) is 2. The first kappa shape index (κ1) is 16.3. The zero-order valence-corrected chi connectivity index (χ0v) is 11.3. The Kier molecular flexibility index (Phi) is 6.61. The zero-order chi connectivity index (χ0) is 13.6. The number of hydrogen-bond donors (Lipinski definition) is 2. The lowest BCUT2D eigenvalue weighted by Crippen LogP contribution is -2.38. The molecule has 0 spiro atoms. The lowest BCUT2D eigenvalue weighted by Gasteiger charge is -2.19. The molecule has 0 aliphatic rings. The van der Waals surface area contributed by atoms with Crippen LogP contribution in [0.3, 0.4) is 0 Å². The van der Waals surface area contributed by atoms with E-state index in [1.54, 1.807) is 0 Å². The minimum atomic E-state index is -3.42. The van der Waals surface area contributed by atoms with Gasteiger partial charge in [0.05, 0.1) is 5.75 Å². The molecular weight excluding hydrogens is 246 g/mol. The van der Waals surface area contributed by atoms with Gasteiger partial charge in [-0.25, -0.2) is 12.7 Å². The van der Waals surface area contributed by atoms with Crippen LogP contribution in [-0.4, -0.2) is 74.7 Å². The first-order valence-corrected chi connectivity index (χ1v) is 6.85. The maximum atomic E-state index is 11.7. The predicted molar refractivity (Wildman–Crippen MR) is 65.2 cm³/mol. The van der Waals surface area contributed by atoms with Crippen LogP contribution >= 0.6 is 0 Å². The molecule has 0 radical (unpaired) electrons. The van der Waals surface area contributed by atoms with Crippen LogP contribution in [0.2, 0.25) is 0 Å². The fourth-order valence-corrected chi connectivity index (χ4v) is 2.26. The molecule has 0 saturated carbocycles. The number of carboxylic acids is 1. The Morgan fingerprint density at radius 1 is 1.29 bits per heavy atom. The molecule has 17 heavy (non-hydrogen) atoms. The summed E-state index contributed by atoms with van der Waals surface area (Å²) < 4.78 is 24.7. The first-order valence-electron chi connectivity index (χ1n) is 5.24. The van der Waals surface area contributed by atoms with Crippen molar-refractivity contribution in [3.63, 3.8) is 0 Å². The van der Waals surface area contributed by atoms with Crippen molar-refractivity contribution in [2.75, 3.05) is 40.0 Å². The Balaban J connectivity index is 4.23. The lowest BCUT2D eigenvalue weighted by atomic mass is 10.2. The molecule has 0 rings (SSSR count). The van der Waals surface area contributed by atoms with Crippen LogP contribution < -0.4 is 5.73 Å². The number of rotatable bonds is 8. The summed E-state index contributed by atoms with van der Waals surface area (Å²) in [6.45, 7) is 0.984. The van der Waals surface area contributed by atoms with Crippen LogP contribution in [0.15, 0.2) is 0 Å². The molecule has 0 aromatic rings. The molecule has 8 heteroatoms. The Labute approximate surface area is 102 Å². The SMILES string of the molecule is CN(C)CCN(C)S(=O)(=O)CCC(N)C(=O)O. The van der Waals surface area contributed by atoms with Crippen molar-refractivity contribution in [3.8, 4) is 0 Å². The molecule has 0 fully saturated rings. The third-order valence-corrected chi connectivity index (χ3v) is 4.22. The van der Waals surface area contributed by atoms with Gasteiger partial charge in [-0.3, -0.25) is 4.79 Å². The van der Waals surface area contributed by atoms with Crippen LogP contribution in [0.4, 0.5) is 0 Å². The monoisotopic (exact) mass is 267 g/mol. The summed E-state index contributed by atoms with van der Waals surface area (Å²) in [6.07, 6.45) is -0.0794. The normalized spacial score (nSPS) is 14.2. The third-order valence-electron chi connectivity index (χ3n) is 2.34. The van der Waals surface area contributed by atoms with Crippen LogP contribution in [0, 0.1) is 0 Å². The molecule has 0 amide bonds. The summed E-state index contributed by atoms with van der Waals surface area (Å²) in [5.74, 6) is -1.43. The Morgan fingerprint density at radius 2 is 1.82 bits per heavy atom. The molecular formula is C9H21N3O4S. The smallest absolute Gasteiger partial charge is 0.320 e. The van der Waals surface area contributed by atoms with Crippen molar-refractivity contribution in [3.05, 3.63) is 0 Å². The third kappa shape index (κ3) is 6.57. The quantitative estimate of drug-likeness (QED) is 0.561. The van der Waals surface area contributed by atoms with Gasteiger partial charge in [-0.2, -0.15) is 0 Å². The van der Waals surface area contributed by atoms with Crippen molar-refractivity contribution in [1.29, 1.82) is 0 Å². The summed E-state index contributed by atoms with van der Waals surface area (Å²) in [5.41, 5.74) is 5.26. The van der Waals surface area contributed by atoms with Gasteiger partial charge in [0.15, 0.2) is 0 Å². The highest BCUT2D eigenvalue weighted by atomic mass is 32.2. The standard InChI is InChI=1S/C9H21N3O4S/c1-11(2)5-6-12(3)17(15,16)7-4-8(10)9(13)14/h8H,4-7,10H2,1-3H3,(H,13,14). The molecule has 0 bridgehead atoms. The molecule has 0 heterocycles. The van der Waals surface area contributed by atoms with E-state index in [4.69, 9.17) is 10.8 Å². The summed E-state index contributed by atoms with van der Waals surface area (Å²) in [5, 5.41) is 8.55. The van der Waals surface area contributed by atoms with Crippen molar-refractivity contribution < 1.29 is 18.3 Å². The van der Waals surface area contributed by atoms with Crippen molar-refractivity contribution >= 4 is 16.0 Å². The molecule has 0 saturated heterocycles. The van der Waals surface area contributed by atoms with Crippen LogP contribution in [0.1, 0.15) is 6.42 Å². The van der Waals surface area contributed by atoms with E-state index in [2.05, 4.69) is 0 Å². The van der Waals surface area contributed by atoms with E-state index in [1.807, 2.05) is 19.0 Å². The van der Waals surface area contributed by atoms with Crippen molar-refractivity contribution in [2.45, 2.75) is 12.5 Å². The molecule has 102 valence electrons. The van der Waals surface area contributed by atoms with Gasteiger partial charge in [-0.15, -0.1) is 0 Å². The summed E-state index contributed by atoms with van der Waals surface area (Å²) in [4.78, 5) is 12.3.